The van der Waals surface area contributed by atoms with E-state index in [1.54, 1.807) is 0 Å². The van der Waals surface area contributed by atoms with Crippen molar-refractivity contribution in [2.24, 2.45) is 5.92 Å². The van der Waals surface area contributed by atoms with Gasteiger partial charge < -0.3 is 10.6 Å². The van der Waals surface area contributed by atoms with Gasteiger partial charge >= 0.3 is 6.18 Å². The number of hydrogen-bond acceptors (Lipinski definition) is 2. The lowest BCUT2D eigenvalue weighted by Crippen LogP contribution is -2.39. The molecule has 0 amide bonds. The molecule has 0 aromatic heterocycles. The molecule has 1 aromatic carbocycles. The summed E-state index contributed by atoms with van der Waals surface area (Å²) in [5.41, 5.74) is 9.57. The smallest absolute Gasteiger partial charge is 0.391 e. The van der Waals surface area contributed by atoms with E-state index in [1.165, 1.54) is 0 Å². The predicted octanol–water partition coefficient (Wildman–Crippen LogP) is 3.66. The van der Waals surface area contributed by atoms with Crippen LogP contribution < -0.4 is 10.6 Å². The first-order chi connectivity index (χ1) is 8.79. The Kier molecular flexibility index (Phi) is 3.65. The number of nitrogens with two attached hydrogens (primary N) is 1. The molecule has 1 saturated heterocycles. The molecule has 2 N–H and O–H groups in total. The van der Waals surface area contributed by atoms with Crippen LogP contribution in [-0.4, -0.2) is 19.3 Å². The normalized spacial score (nSPS) is 17.8. The summed E-state index contributed by atoms with van der Waals surface area (Å²) in [6.07, 6.45) is -3.71. The first-order valence-corrected chi connectivity index (χ1v) is 6.47. The minimum atomic E-state index is -4.06. The van der Waals surface area contributed by atoms with Crippen molar-refractivity contribution in [1.29, 1.82) is 0 Å². The topological polar surface area (TPSA) is 29.3 Å². The minimum Gasteiger partial charge on any atom is -0.399 e. The highest BCUT2D eigenvalue weighted by Crippen LogP contribution is 2.37. The molecule has 106 valence electrons. The maximum Gasteiger partial charge on any atom is 0.391 e. The molecular formula is C14H19F3N2. The van der Waals surface area contributed by atoms with E-state index in [1.807, 2.05) is 30.9 Å². The zero-order chi connectivity index (χ0) is 14.2. The first kappa shape index (κ1) is 14.0. The second-order valence-corrected chi connectivity index (χ2v) is 5.31. The number of nitrogens with zero attached hydrogens (tertiary/aromatic N) is 1. The predicted molar refractivity (Wildman–Crippen MR) is 71.3 cm³/mol. The number of aryl methyl sites for hydroxylation is 2. The molecular weight excluding hydrogens is 253 g/mol. The van der Waals surface area contributed by atoms with Gasteiger partial charge in [-0.2, -0.15) is 13.2 Å². The van der Waals surface area contributed by atoms with Crippen LogP contribution in [0.1, 0.15) is 24.0 Å². The van der Waals surface area contributed by atoms with Crippen LogP contribution in [0.4, 0.5) is 24.5 Å². The molecule has 0 saturated carbocycles. The van der Waals surface area contributed by atoms with Crippen LogP contribution >= 0.6 is 0 Å². The number of nitrogen functional groups attached to an aromatic ring is 1. The van der Waals surface area contributed by atoms with Gasteiger partial charge in [0.1, 0.15) is 0 Å². The van der Waals surface area contributed by atoms with Gasteiger partial charge in [0.05, 0.1) is 5.92 Å². The largest absolute Gasteiger partial charge is 0.399 e. The number of alkyl halides is 3. The van der Waals surface area contributed by atoms with Crippen LogP contribution in [0.3, 0.4) is 0 Å². The lowest BCUT2D eigenvalue weighted by atomic mass is 9.94. The Morgan fingerprint density at radius 3 is 2.00 bits per heavy atom. The molecule has 0 radical (unpaired) electrons. The van der Waals surface area contributed by atoms with Crippen LogP contribution in [0.2, 0.25) is 0 Å². The van der Waals surface area contributed by atoms with Crippen LogP contribution in [0.25, 0.3) is 0 Å². The van der Waals surface area contributed by atoms with E-state index in [9.17, 15) is 13.2 Å². The summed E-state index contributed by atoms with van der Waals surface area (Å²) in [6, 6.07) is 3.75. The number of halogens is 3. The summed E-state index contributed by atoms with van der Waals surface area (Å²) < 4.78 is 37.9. The summed E-state index contributed by atoms with van der Waals surface area (Å²) in [7, 11) is 0. The quantitative estimate of drug-likeness (QED) is 0.790. The first-order valence-electron chi connectivity index (χ1n) is 6.47. The van der Waals surface area contributed by atoms with Crippen molar-refractivity contribution in [3.8, 4) is 0 Å². The molecule has 19 heavy (non-hydrogen) atoms. The lowest BCUT2D eigenvalue weighted by Gasteiger charge is -2.36. The molecule has 1 aromatic rings. The zero-order valence-electron chi connectivity index (χ0n) is 11.2. The van der Waals surface area contributed by atoms with E-state index in [2.05, 4.69) is 0 Å². The number of hydrogen-bond donors (Lipinski definition) is 1. The minimum absolute atomic E-state index is 0.173. The van der Waals surface area contributed by atoms with Gasteiger partial charge in [-0.1, -0.05) is 0 Å². The van der Waals surface area contributed by atoms with Crippen LogP contribution in [0, 0.1) is 19.8 Å². The van der Waals surface area contributed by atoms with Gasteiger partial charge in [0.25, 0.3) is 0 Å². The van der Waals surface area contributed by atoms with Gasteiger partial charge in [-0.05, 0) is 49.9 Å². The Labute approximate surface area is 111 Å². The third kappa shape index (κ3) is 2.96. The van der Waals surface area contributed by atoms with Gasteiger partial charge in [-0.25, -0.2) is 0 Å². The fraction of sp³-hybridized carbons (Fsp3) is 0.571. The summed E-state index contributed by atoms with van der Waals surface area (Å²) in [4.78, 5) is 2.05. The van der Waals surface area contributed by atoms with Gasteiger partial charge in [0.2, 0.25) is 0 Å². The average molecular weight is 272 g/mol. The maximum atomic E-state index is 12.6. The van der Waals surface area contributed by atoms with Crippen molar-refractivity contribution >= 4 is 11.4 Å². The standard InChI is InChI=1S/C14H19F3N2/c1-9-7-12(18)8-10(2)13(9)19-5-3-11(4-6-19)14(15,16)17/h7-8,11H,3-6,18H2,1-2H3. The highest BCUT2D eigenvalue weighted by atomic mass is 19.4. The van der Waals surface area contributed by atoms with Crippen molar-refractivity contribution < 1.29 is 13.2 Å². The molecule has 0 spiro atoms. The average Bonchev–Trinajstić information content (AvgIpc) is 2.27. The molecule has 5 heteroatoms. The molecule has 0 bridgehead atoms. The van der Waals surface area contributed by atoms with E-state index in [0.29, 0.717) is 18.8 Å². The molecule has 2 rings (SSSR count). The highest BCUT2D eigenvalue weighted by Gasteiger charge is 2.41. The van der Waals surface area contributed by atoms with E-state index >= 15 is 0 Å². The number of anilines is 2. The van der Waals surface area contributed by atoms with Gasteiger partial charge in [-0.15, -0.1) is 0 Å². The Balaban J connectivity index is 2.14. The second-order valence-electron chi connectivity index (χ2n) is 5.31. The summed E-state index contributed by atoms with van der Waals surface area (Å²) in [5, 5.41) is 0. The van der Waals surface area contributed by atoms with Crippen LogP contribution in [0.5, 0.6) is 0 Å². The monoisotopic (exact) mass is 272 g/mol. The summed E-state index contributed by atoms with van der Waals surface area (Å²) >= 11 is 0. The second kappa shape index (κ2) is 4.94. The molecule has 0 aliphatic carbocycles. The zero-order valence-corrected chi connectivity index (χ0v) is 11.2. The summed E-state index contributed by atoms with van der Waals surface area (Å²) in [5.74, 6) is -1.15. The van der Waals surface area contributed by atoms with Crippen molar-refractivity contribution in [3.63, 3.8) is 0 Å². The molecule has 0 atom stereocenters. The van der Waals surface area contributed by atoms with Crippen molar-refractivity contribution in [1.82, 2.24) is 0 Å². The third-order valence-electron chi connectivity index (χ3n) is 3.79. The lowest BCUT2D eigenvalue weighted by molar-refractivity contribution is -0.179. The Morgan fingerprint density at radius 1 is 1.11 bits per heavy atom. The summed E-state index contributed by atoms with van der Waals surface area (Å²) in [6.45, 7) is 4.81. The Hall–Kier alpha value is -1.39. The number of piperidine rings is 1. The molecule has 1 heterocycles. The molecule has 1 aliphatic rings. The molecule has 2 nitrogen and oxygen atoms in total. The Morgan fingerprint density at radius 2 is 1.58 bits per heavy atom. The molecule has 1 fully saturated rings. The van der Waals surface area contributed by atoms with Crippen LogP contribution in [0.15, 0.2) is 12.1 Å². The van der Waals surface area contributed by atoms with Crippen molar-refractivity contribution in [3.05, 3.63) is 23.3 Å². The SMILES string of the molecule is Cc1cc(N)cc(C)c1N1CCC(C(F)(F)F)CC1. The number of rotatable bonds is 1. The Bertz CT molecular complexity index is 437. The molecule has 0 unspecified atom stereocenters. The fourth-order valence-electron chi connectivity index (χ4n) is 2.92. The fourth-order valence-corrected chi connectivity index (χ4v) is 2.92. The van der Waals surface area contributed by atoms with Gasteiger partial charge in [-0.3, -0.25) is 0 Å². The van der Waals surface area contributed by atoms with Crippen molar-refractivity contribution in [2.75, 3.05) is 23.7 Å². The van der Waals surface area contributed by atoms with Crippen molar-refractivity contribution in [2.45, 2.75) is 32.9 Å². The molecule has 1 aliphatic heterocycles. The van der Waals surface area contributed by atoms with E-state index < -0.39 is 12.1 Å². The van der Waals surface area contributed by atoms with E-state index in [0.717, 1.165) is 16.8 Å². The third-order valence-corrected chi connectivity index (χ3v) is 3.79. The number of benzene rings is 1. The van der Waals surface area contributed by atoms with E-state index in [4.69, 9.17) is 5.73 Å². The van der Waals surface area contributed by atoms with E-state index in [-0.39, 0.29) is 12.8 Å². The van der Waals surface area contributed by atoms with Gasteiger partial charge in [0.15, 0.2) is 0 Å². The van der Waals surface area contributed by atoms with Gasteiger partial charge in [0, 0.05) is 24.5 Å². The highest BCUT2D eigenvalue weighted by molar-refractivity contribution is 5.64. The maximum absolute atomic E-state index is 12.6. The van der Waals surface area contributed by atoms with Crippen LogP contribution in [-0.2, 0) is 0 Å².